The molecule has 6 heteroatoms. The van der Waals surface area contributed by atoms with Gasteiger partial charge in [-0.3, -0.25) is 0 Å². The molecule has 0 spiro atoms. The van der Waals surface area contributed by atoms with Crippen molar-refractivity contribution in [3.8, 4) is 5.75 Å². The Morgan fingerprint density at radius 3 is 2.22 bits per heavy atom. The van der Waals surface area contributed by atoms with Crippen LogP contribution in [0.1, 0.15) is 16.7 Å². The Morgan fingerprint density at radius 1 is 0.957 bits per heavy atom. The van der Waals surface area contributed by atoms with Gasteiger partial charge >= 0.3 is 6.61 Å². The summed E-state index contributed by atoms with van der Waals surface area (Å²) >= 11 is 5.26. The van der Waals surface area contributed by atoms with Gasteiger partial charge in [-0.1, -0.05) is 23.8 Å². The Kier molecular flexibility index (Phi) is 5.50. The van der Waals surface area contributed by atoms with E-state index < -0.39 is 6.61 Å². The van der Waals surface area contributed by atoms with Gasteiger partial charge in [-0.2, -0.15) is 8.78 Å². The molecule has 0 bridgehead atoms. The average Bonchev–Trinajstić information content (AvgIpc) is 2.44. The van der Waals surface area contributed by atoms with E-state index in [0.29, 0.717) is 10.8 Å². The van der Waals surface area contributed by atoms with Crippen LogP contribution in [0.3, 0.4) is 0 Å². The first-order chi connectivity index (χ1) is 10.8. The molecule has 3 nitrogen and oxygen atoms in total. The highest BCUT2D eigenvalue weighted by atomic mass is 32.1. The zero-order valence-electron chi connectivity index (χ0n) is 13.1. The maximum absolute atomic E-state index is 12.5. The lowest BCUT2D eigenvalue weighted by Crippen LogP contribution is -2.20. The number of halogens is 2. The van der Waals surface area contributed by atoms with Crippen molar-refractivity contribution in [2.75, 3.05) is 10.6 Å². The molecule has 0 unspecified atom stereocenters. The maximum Gasteiger partial charge on any atom is 0.387 e. The number of anilines is 2. The van der Waals surface area contributed by atoms with Crippen molar-refractivity contribution in [1.29, 1.82) is 0 Å². The Hall–Kier alpha value is -2.21. The molecule has 2 N–H and O–H groups in total. The summed E-state index contributed by atoms with van der Waals surface area (Å²) in [6.45, 7) is 2.95. The fourth-order valence-electron chi connectivity index (χ4n) is 2.17. The molecule has 23 heavy (non-hydrogen) atoms. The summed E-state index contributed by atoms with van der Waals surface area (Å²) in [6, 6.07) is 10.8. The number of nitrogens with one attached hydrogen (secondary N) is 2. The standard InChI is InChI=1S/C17H18F2N2OS/c1-10-4-6-13(12(3)8-10)20-17(23)21-14-9-11(2)5-7-15(14)22-16(18)19/h4-9,16H,1-3H3,(H2,20,21,23). The van der Waals surface area contributed by atoms with Crippen LogP contribution in [0.2, 0.25) is 0 Å². The Bertz CT molecular complexity index is 720. The number of alkyl halides is 2. The predicted octanol–water partition coefficient (Wildman–Crippen LogP) is 5.02. The SMILES string of the molecule is Cc1ccc(NC(=S)Nc2cc(C)ccc2OC(F)F)c(C)c1. The van der Waals surface area contributed by atoms with Gasteiger partial charge in [0.1, 0.15) is 5.75 Å². The van der Waals surface area contributed by atoms with E-state index in [1.54, 1.807) is 12.1 Å². The minimum absolute atomic E-state index is 0.0513. The molecule has 2 aromatic rings. The second-order valence-electron chi connectivity index (χ2n) is 5.28. The molecule has 122 valence electrons. The summed E-state index contributed by atoms with van der Waals surface area (Å²) < 4.78 is 29.5. The Labute approximate surface area is 139 Å². The number of rotatable bonds is 4. The molecular formula is C17H18F2N2OS. The average molecular weight is 336 g/mol. The Morgan fingerprint density at radius 2 is 1.57 bits per heavy atom. The molecule has 0 heterocycles. The van der Waals surface area contributed by atoms with Crippen LogP contribution in [-0.4, -0.2) is 11.7 Å². The number of ether oxygens (including phenoxy) is 1. The molecule has 2 aromatic carbocycles. The van der Waals surface area contributed by atoms with Crippen molar-refractivity contribution in [3.63, 3.8) is 0 Å². The maximum atomic E-state index is 12.5. The van der Waals surface area contributed by atoms with Gasteiger partial charge in [0.15, 0.2) is 5.11 Å². The minimum Gasteiger partial charge on any atom is -0.433 e. The van der Waals surface area contributed by atoms with Crippen molar-refractivity contribution in [3.05, 3.63) is 53.1 Å². The third kappa shape index (κ3) is 4.89. The highest BCUT2D eigenvalue weighted by Crippen LogP contribution is 2.27. The molecular weight excluding hydrogens is 318 g/mol. The fourth-order valence-corrected chi connectivity index (χ4v) is 2.39. The normalized spacial score (nSPS) is 10.5. The van der Waals surface area contributed by atoms with E-state index >= 15 is 0 Å². The van der Waals surface area contributed by atoms with Crippen molar-refractivity contribution in [1.82, 2.24) is 0 Å². The summed E-state index contributed by atoms with van der Waals surface area (Å²) in [7, 11) is 0. The first-order valence-electron chi connectivity index (χ1n) is 7.06. The van der Waals surface area contributed by atoms with Crippen LogP contribution in [0.4, 0.5) is 20.2 Å². The third-order valence-electron chi connectivity index (χ3n) is 3.23. The smallest absolute Gasteiger partial charge is 0.387 e. The number of thiocarbonyl (C=S) groups is 1. The monoisotopic (exact) mass is 336 g/mol. The van der Waals surface area contributed by atoms with Gasteiger partial charge in [0, 0.05) is 5.69 Å². The van der Waals surface area contributed by atoms with E-state index in [4.69, 9.17) is 12.2 Å². The molecule has 0 fully saturated rings. The van der Waals surface area contributed by atoms with Gasteiger partial charge in [-0.05, 0) is 62.3 Å². The molecule has 0 aliphatic carbocycles. The van der Waals surface area contributed by atoms with Gasteiger partial charge < -0.3 is 15.4 Å². The Balaban J connectivity index is 2.14. The second-order valence-corrected chi connectivity index (χ2v) is 5.68. The number of hydrogen-bond acceptors (Lipinski definition) is 2. The zero-order chi connectivity index (χ0) is 17.0. The summed E-state index contributed by atoms with van der Waals surface area (Å²) in [5, 5.41) is 6.28. The van der Waals surface area contributed by atoms with Crippen molar-refractivity contribution in [2.24, 2.45) is 0 Å². The van der Waals surface area contributed by atoms with Gasteiger partial charge in [0.05, 0.1) is 5.69 Å². The lowest BCUT2D eigenvalue weighted by Gasteiger charge is -2.16. The van der Waals surface area contributed by atoms with Crippen molar-refractivity contribution in [2.45, 2.75) is 27.4 Å². The molecule has 0 atom stereocenters. The van der Waals surface area contributed by atoms with E-state index in [0.717, 1.165) is 22.4 Å². The second kappa shape index (κ2) is 7.37. The molecule has 2 rings (SSSR count). The zero-order valence-corrected chi connectivity index (χ0v) is 13.9. The quantitative estimate of drug-likeness (QED) is 0.768. The van der Waals surface area contributed by atoms with E-state index in [9.17, 15) is 8.78 Å². The van der Waals surface area contributed by atoms with Crippen LogP contribution < -0.4 is 15.4 Å². The number of aryl methyl sites for hydroxylation is 3. The minimum atomic E-state index is -2.89. The van der Waals surface area contributed by atoms with Gasteiger partial charge in [-0.25, -0.2) is 0 Å². The van der Waals surface area contributed by atoms with Gasteiger partial charge in [0.25, 0.3) is 0 Å². The first kappa shape index (κ1) is 17.1. The summed E-state index contributed by atoms with van der Waals surface area (Å²) in [5.41, 5.74) is 4.36. The lowest BCUT2D eigenvalue weighted by molar-refractivity contribution is -0.0493. The summed E-state index contributed by atoms with van der Waals surface area (Å²) in [5.74, 6) is 0.0513. The van der Waals surface area contributed by atoms with E-state index in [2.05, 4.69) is 15.4 Å². The fraction of sp³-hybridized carbons (Fsp3) is 0.235. The highest BCUT2D eigenvalue weighted by Gasteiger charge is 2.11. The van der Waals surface area contributed by atoms with Crippen LogP contribution in [0.15, 0.2) is 36.4 Å². The predicted molar refractivity (Wildman–Crippen MR) is 93.6 cm³/mol. The van der Waals surface area contributed by atoms with Gasteiger partial charge in [0.2, 0.25) is 0 Å². The molecule has 0 aliphatic heterocycles. The first-order valence-corrected chi connectivity index (χ1v) is 7.46. The number of benzene rings is 2. The third-order valence-corrected chi connectivity index (χ3v) is 3.43. The van der Waals surface area contributed by atoms with E-state index in [1.807, 2.05) is 39.0 Å². The molecule has 0 saturated heterocycles. The van der Waals surface area contributed by atoms with Crippen molar-refractivity contribution >= 4 is 28.7 Å². The highest BCUT2D eigenvalue weighted by molar-refractivity contribution is 7.80. The van der Waals surface area contributed by atoms with Crippen LogP contribution in [-0.2, 0) is 0 Å². The van der Waals surface area contributed by atoms with Crippen molar-refractivity contribution < 1.29 is 13.5 Å². The van der Waals surface area contributed by atoms with Crippen LogP contribution in [0.25, 0.3) is 0 Å². The number of hydrogen-bond donors (Lipinski definition) is 2. The topological polar surface area (TPSA) is 33.3 Å². The molecule has 0 aliphatic rings. The van der Waals surface area contributed by atoms with E-state index in [-0.39, 0.29) is 5.75 Å². The molecule has 0 saturated carbocycles. The van der Waals surface area contributed by atoms with Crippen LogP contribution in [0.5, 0.6) is 5.75 Å². The lowest BCUT2D eigenvalue weighted by atomic mass is 10.1. The largest absolute Gasteiger partial charge is 0.433 e. The molecule has 0 aromatic heterocycles. The summed E-state index contributed by atoms with van der Waals surface area (Å²) in [6.07, 6.45) is 0. The van der Waals surface area contributed by atoms with Crippen LogP contribution >= 0.6 is 12.2 Å². The molecule has 0 radical (unpaired) electrons. The van der Waals surface area contributed by atoms with Crippen LogP contribution in [0, 0.1) is 20.8 Å². The summed E-state index contributed by atoms with van der Waals surface area (Å²) in [4.78, 5) is 0. The molecule has 0 amide bonds. The van der Waals surface area contributed by atoms with Gasteiger partial charge in [-0.15, -0.1) is 0 Å². The van der Waals surface area contributed by atoms with E-state index in [1.165, 1.54) is 6.07 Å².